The van der Waals surface area contributed by atoms with Gasteiger partial charge in [-0.3, -0.25) is 14.9 Å². The Morgan fingerprint density at radius 1 is 1.00 bits per heavy atom. The van der Waals surface area contributed by atoms with Crippen LogP contribution in [0.3, 0.4) is 0 Å². The molecule has 1 aliphatic heterocycles. The summed E-state index contributed by atoms with van der Waals surface area (Å²) < 4.78 is 65.1. The molecule has 0 radical (unpaired) electrons. The number of benzene rings is 2. The van der Waals surface area contributed by atoms with Crippen molar-refractivity contribution in [2.75, 3.05) is 26.2 Å². The van der Waals surface area contributed by atoms with Crippen LogP contribution in [0.1, 0.15) is 15.9 Å². The summed E-state index contributed by atoms with van der Waals surface area (Å²) in [5, 5.41) is 11.1. The number of carbonyl (C=O) groups excluding carboxylic acids is 1. The minimum absolute atomic E-state index is 0.0525. The number of para-hydroxylation sites is 1. The molecule has 2 aromatic carbocycles. The Morgan fingerprint density at radius 2 is 1.63 bits per heavy atom. The van der Waals surface area contributed by atoms with Gasteiger partial charge in [-0.2, -0.15) is 17.5 Å². The molecule has 1 saturated heterocycles. The van der Waals surface area contributed by atoms with Crippen LogP contribution in [0.2, 0.25) is 0 Å². The standard InChI is InChI=1S/C18H16F3N3O5S/c19-18(20,21)13-4-3-5-14(12-13)30(28,29)23-10-8-22(9-11-23)17(25)15-6-1-2-7-16(15)24(26)27/h1-7,12H,8-11H2. The number of carbonyl (C=O) groups is 1. The third-order valence-electron chi connectivity index (χ3n) is 4.66. The number of nitro benzene ring substituents is 1. The van der Waals surface area contributed by atoms with Gasteiger partial charge in [0.25, 0.3) is 11.6 Å². The molecule has 12 heteroatoms. The van der Waals surface area contributed by atoms with E-state index in [4.69, 9.17) is 0 Å². The second-order valence-electron chi connectivity index (χ2n) is 6.50. The van der Waals surface area contributed by atoms with E-state index < -0.39 is 37.5 Å². The molecule has 1 heterocycles. The smallest absolute Gasteiger partial charge is 0.336 e. The second-order valence-corrected chi connectivity index (χ2v) is 8.43. The molecule has 0 aliphatic carbocycles. The normalized spacial score (nSPS) is 15.8. The number of alkyl halides is 3. The predicted molar refractivity (Wildman–Crippen MR) is 99.2 cm³/mol. The fourth-order valence-electron chi connectivity index (χ4n) is 3.10. The number of rotatable bonds is 4. The molecule has 1 aliphatic rings. The minimum Gasteiger partial charge on any atom is -0.336 e. The quantitative estimate of drug-likeness (QED) is 0.534. The number of nitrogens with zero attached hydrogens (tertiary/aromatic N) is 3. The Labute approximate surface area is 169 Å². The maximum atomic E-state index is 12.9. The summed E-state index contributed by atoms with van der Waals surface area (Å²) in [5.41, 5.74) is -1.55. The molecule has 30 heavy (non-hydrogen) atoms. The monoisotopic (exact) mass is 443 g/mol. The molecule has 0 saturated carbocycles. The summed E-state index contributed by atoms with van der Waals surface area (Å²) in [4.78, 5) is 23.9. The molecule has 1 amide bonds. The molecule has 1 fully saturated rings. The van der Waals surface area contributed by atoms with Crippen LogP contribution in [-0.2, 0) is 16.2 Å². The zero-order valence-corrected chi connectivity index (χ0v) is 16.2. The van der Waals surface area contributed by atoms with Gasteiger partial charge in [0.1, 0.15) is 5.56 Å². The number of piperazine rings is 1. The van der Waals surface area contributed by atoms with E-state index in [0.717, 1.165) is 22.5 Å². The summed E-state index contributed by atoms with van der Waals surface area (Å²) in [6, 6.07) is 8.86. The fraction of sp³-hybridized carbons (Fsp3) is 0.278. The average molecular weight is 443 g/mol. The van der Waals surface area contributed by atoms with Gasteiger partial charge in [-0.25, -0.2) is 8.42 Å². The maximum Gasteiger partial charge on any atom is 0.416 e. The minimum atomic E-state index is -4.68. The van der Waals surface area contributed by atoms with Gasteiger partial charge in [-0.05, 0) is 24.3 Å². The zero-order chi connectivity index (χ0) is 22.1. The van der Waals surface area contributed by atoms with E-state index in [1.54, 1.807) is 0 Å². The summed E-state index contributed by atoms with van der Waals surface area (Å²) in [6.45, 7) is -0.401. The van der Waals surface area contributed by atoms with Crippen LogP contribution in [0, 0.1) is 10.1 Å². The molecule has 0 unspecified atom stereocenters. The van der Waals surface area contributed by atoms with Gasteiger partial charge < -0.3 is 4.90 Å². The van der Waals surface area contributed by atoms with Crippen LogP contribution in [0.5, 0.6) is 0 Å². The topological polar surface area (TPSA) is 101 Å². The SMILES string of the molecule is O=C(c1ccccc1[N+](=O)[O-])N1CCN(S(=O)(=O)c2cccc(C(F)(F)F)c2)CC1. The molecule has 8 nitrogen and oxygen atoms in total. The Bertz CT molecular complexity index is 1080. The van der Waals surface area contributed by atoms with Crippen molar-refractivity contribution >= 4 is 21.6 Å². The lowest BCUT2D eigenvalue weighted by molar-refractivity contribution is -0.385. The highest BCUT2D eigenvalue weighted by Crippen LogP contribution is 2.31. The Hall–Kier alpha value is -2.99. The third kappa shape index (κ3) is 4.28. The zero-order valence-electron chi connectivity index (χ0n) is 15.4. The summed E-state index contributed by atoms with van der Waals surface area (Å²) in [7, 11) is -4.19. The van der Waals surface area contributed by atoms with E-state index in [1.165, 1.54) is 29.2 Å². The first-order valence-corrected chi connectivity index (χ1v) is 10.2. The van der Waals surface area contributed by atoms with Crippen molar-refractivity contribution in [2.45, 2.75) is 11.1 Å². The van der Waals surface area contributed by atoms with Crippen molar-refractivity contribution in [1.29, 1.82) is 0 Å². The van der Waals surface area contributed by atoms with E-state index in [1.807, 2.05) is 0 Å². The van der Waals surface area contributed by atoms with Gasteiger partial charge in [-0.15, -0.1) is 0 Å². The van der Waals surface area contributed by atoms with Crippen molar-refractivity contribution in [1.82, 2.24) is 9.21 Å². The second kappa shape index (κ2) is 8.03. The first-order valence-electron chi connectivity index (χ1n) is 8.72. The summed E-state index contributed by atoms with van der Waals surface area (Å²) in [5.74, 6) is -0.613. The van der Waals surface area contributed by atoms with Crippen LogP contribution in [0.25, 0.3) is 0 Å². The van der Waals surface area contributed by atoms with Gasteiger partial charge in [-0.1, -0.05) is 18.2 Å². The Balaban J connectivity index is 1.76. The molecule has 2 aromatic rings. The highest BCUT2D eigenvalue weighted by molar-refractivity contribution is 7.89. The number of halogens is 3. The Morgan fingerprint density at radius 3 is 2.23 bits per heavy atom. The van der Waals surface area contributed by atoms with Crippen molar-refractivity contribution < 1.29 is 31.3 Å². The molecule has 3 rings (SSSR count). The van der Waals surface area contributed by atoms with Gasteiger partial charge >= 0.3 is 6.18 Å². The van der Waals surface area contributed by atoms with Crippen LogP contribution in [0.15, 0.2) is 53.4 Å². The molecule has 0 bridgehead atoms. The molecule has 0 atom stereocenters. The molecule has 0 aromatic heterocycles. The lowest BCUT2D eigenvalue weighted by atomic mass is 10.1. The van der Waals surface area contributed by atoms with Crippen LogP contribution in [-0.4, -0.2) is 54.6 Å². The lowest BCUT2D eigenvalue weighted by Crippen LogP contribution is -2.50. The van der Waals surface area contributed by atoms with E-state index in [9.17, 15) is 36.5 Å². The maximum absolute atomic E-state index is 12.9. The highest BCUT2D eigenvalue weighted by Gasteiger charge is 2.35. The number of hydrogen-bond acceptors (Lipinski definition) is 5. The highest BCUT2D eigenvalue weighted by atomic mass is 32.2. The van der Waals surface area contributed by atoms with Gasteiger partial charge in [0, 0.05) is 32.2 Å². The fourth-order valence-corrected chi connectivity index (χ4v) is 4.57. The Kier molecular flexibility index (Phi) is 5.81. The number of nitro groups is 1. The predicted octanol–water partition coefficient (Wildman–Crippen LogP) is 2.76. The summed E-state index contributed by atoms with van der Waals surface area (Å²) >= 11 is 0. The van der Waals surface area contributed by atoms with Gasteiger partial charge in [0.2, 0.25) is 10.0 Å². The van der Waals surface area contributed by atoms with Crippen molar-refractivity contribution in [3.8, 4) is 0 Å². The van der Waals surface area contributed by atoms with Crippen molar-refractivity contribution in [3.05, 3.63) is 69.8 Å². The summed E-state index contributed by atoms with van der Waals surface area (Å²) in [6.07, 6.45) is -4.68. The number of hydrogen-bond donors (Lipinski definition) is 0. The largest absolute Gasteiger partial charge is 0.416 e. The lowest BCUT2D eigenvalue weighted by Gasteiger charge is -2.34. The molecular weight excluding hydrogens is 427 g/mol. The molecular formula is C18H16F3N3O5S. The van der Waals surface area contributed by atoms with E-state index in [0.29, 0.717) is 6.07 Å². The number of sulfonamides is 1. The van der Waals surface area contributed by atoms with E-state index >= 15 is 0 Å². The van der Waals surface area contributed by atoms with Crippen LogP contribution >= 0.6 is 0 Å². The van der Waals surface area contributed by atoms with Crippen LogP contribution in [0.4, 0.5) is 18.9 Å². The van der Waals surface area contributed by atoms with E-state index in [2.05, 4.69) is 0 Å². The van der Waals surface area contributed by atoms with Crippen molar-refractivity contribution in [2.24, 2.45) is 0 Å². The van der Waals surface area contributed by atoms with E-state index in [-0.39, 0.29) is 37.4 Å². The first kappa shape index (κ1) is 21.7. The first-order chi connectivity index (χ1) is 14.0. The molecule has 160 valence electrons. The van der Waals surface area contributed by atoms with Gasteiger partial charge in [0.05, 0.1) is 15.4 Å². The van der Waals surface area contributed by atoms with Crippen LogP contribution < -0.4 is 0 Å². The molecule has 0 spiro atoms. The molecule has 0 N–H and O–H groups in total. The number of amides is 1. The average Bonchev–Trinajstić information content (AvgIpc) is 2.72. The van der Waals surface area contributed by atoms with Crippen molar-refractivity contribution in [3.63, 3.8) is 0 Å². The van der Waals surface area contributed by atoms with Gasteiger partial charge in [0.15, 0.2) is 0 Å². The third-order valence-corrected chi connectivity index (χ3v) is 6.55.